The molecule has 2 amide bonds. The highest BCUT2D eigenvalue weighted by Gasteiger charge is 2.40. The van der Waals surface area contributed by atoms with Gasteiger partial charge in [0.05, 0.1) is 22.8 Å². The summed E-state index contributed by atoms with van der Waals surface area (Å²) in [7, 11) is 0. The number of imide groups is 1. The summed E-state index contributed by atoms with van der Waals surface area (Å²) in [6, 6.07) is 18.9. The van der Waals surface area contributed by atoms with Gasteiger partial charge in [-0.3, -0.25) is 9.59 Å². The number of rotatable bonds is 6. The van der Waals surface area contributed by atoms with Crippen LogP contribution < -0.4 is 9.64 Å². The Labute approximate surface area is 182 Å². The highest BCUT2D eigenvalue weighted by atomic mass is 32.2. The maximum atomic E-state index is 13.8. The Bertz CT molecular complexity index is 1180. The second-order valence-electron chi connectivity index (χ2n) is 6.62. The number of benzene rings is 3. The van der Waals surface area contributed by atoms with E-state index in [4.69, 9.17) is 4.74 Å². The Balaban J connectivity index is 1.79. The fourth-order valence-corrected chi connectivity index (χ4v) is 4.22. The number of thioether (sulfide) groups is 1. The van der Waals surface area contributed by atoms with Crippen LogP contribution >= 0.6 is 11.8 Å². The molecular formula is C24H17F2NO3S. The minimum atomic E-state index is -1.13. The number of ether oxygens (including phenoxy) is 1. The van der Waals surface area contributed by atoms with Gasteiger partial charge in [0.1, 0.15) is 5.75 Å². The number of nitrogens with zero attached hydrogens (tertiary/aromatic N) is 1. The summed E-state index contributed by atoms with van der Waals surface area (Å²) in [4.78, 5) is 28.4. The Morgan fingerprint density at radius 2 is 1.58 bits per heavy atom. The summed E-state index contributed by atoms with van der Waals surface area (Å²) in [6.45, 7) is 2.36. The fraction of sp³-hybridized carbons (Fsp3) is 0.0833. The van der Waals surface area contributed by atoms with Crippen LogP contribution in [0.1, 0.15) is 12.5 Å². The lowest BCUT2D eigenvalue weighted by atomic mass is 10.1. The van der Waals surface area contributed by atoms with Gasteiger partial charge in [0, 0.05) is 11.0 Å². The van der Waals surface area contributed by atoms with E-state index in [9.17, 15) is 18.4 Å². The first-order valence-electron chi connectivity index (χ1n) is 9.54. The van der Waals surface area contributed by atoms with E-state index in [2.05, 4.69) is 0 Å². The number of anilines is 1. The second-order valence-corrected chi connectivity index (χ2v) is 7.70. The highest BCUT2D eigenvalue weighted by molar-refractivity contribution is 8.04. The van der Waals surface area contributed by atoms with Gasteiger partial charge in [0.15, 0.2) is 11.6 Å². The molecule has 0 saturated carbocycles. The van der Waals surface area contributed by atoms with Gasteiger partial charge >= 0.3 is 0 Å². The Morgan fingerprint density at radius 1 is 0.871 bits per heavy atom. The molecule has 0 fully saturated rings. The van der Waals surface area contributed by atoms with E-state index >= 15 is 0 Å². The highest BCUT2D eigenvalue weighted by Crippen LogP contribution is 2.41. The molecule has 0 aliphatic carbocycles. The van der Waals surface area contributed by atoms with Crippen molar-refractivity contribution in [3.63, 3.8) is 0 Å². The molecule has 1 heterocycles. The summed E-state index contributed by atoms with van der Waals surface area (Å²) < 4.78 is 32.7. The number of hydrogen-bond donors (Lipinski definition) is 0. The Hall–Kier alpha value is -3.45. The van der Waals surface area contributed by atoms with Crippen LogP contribution in [0.5, 0.6) is 5.75 Å². The molecule has 1 aliphatic rings. The maximum Gasteiger partial charge on any atom is 0.272 e. The van der Waals surface area contributed by atoms with Crippen molar-refractivity contribution in [2.24, 2.45) is 0 Å². The van der Waals surface area contributed by atoms with Crippen molar-refractivity contribution in [2.75, 3.05) is 11.5 Å². The predicted molar refractivity (Wildman–Crippen MR) is 116 cm³/mol. The Morgan fingerprint density at radius 3 is 2.23 bits per heavy atom. The molecule has 31 heavy (non-hydrogen) atoms. The maximum absolute atomic E-state index is 13.8. The van der Waals surface area contributed by atoms with Gasteiger partial charge < -0.3 is 4.74 Å². The van der Waals surface area contributed by atoms with Crippen molar-refractivity contribution in [1.29, 1.82) is 0 Å². The third kappa shape index (κ3) is 4.09. The quantitative estimate of drug-likeness (QED) is 0.482. The molecule has 156 valence electrons. The van der Waals surface area contributed by atoms with E-state index in [-0.39, 0.29) is 16.2 Å². The zero-order valence-corrected chi connectivity index (χ0v) is 17.3. The molecule has 3 aromatic rings. The van der Waals surface area contributed by atoms with Crippen LogP contribution in [-0.4, -0.2) is 18.4 Å². The van der Waals surface area contributed by atoms with Gasteiger partial charge in [-0.25, -0.2) is 13.7 Å². The molecule has 0 radical (unpaired) electrons. The van der Waals surface area contributed by atoms with Gasteiger partial charge in [-0.1, -0.05) is 42.1 Å². The van der Waals surface area contributed by atoms with Crippen LogP contribution in [0.3, 0.4) is 0 Å². The smallest absolute Gasteiger partial charge is 0.272 e. The molecular weight excluding hydrogens is 420 g/mol. The van der Waals surface area contributed by atoms with Gasteiger partial charge in [-0.05, 0) is 48.9 Å². The normalized spacial score (nSPS) is 13.8. The van der Waals surface area contributed by atoms with E-state index in [0.717, 1.165) is 33.7 Å². The van der Waals surface area contributed by atoms with Gasteiger partial charge in [0.25, 0.3) is 11.8 Å². The van der Waals surface area contributed by atoms with Crippen LogP contribution in [-0.2, 0) is 9.59 Å². The standard InChI is InChI=1S/C24H17F2NO3S/c1-2-30-17-11-8-15(9-12-17)21-22(31-18-6-4-3-5-7-18)24(29)27(23(21)28)16-10-13-19(25)20(26)14-16/h3-14H,2H2,1H3. The first-order chi connectivity index (χ1) is 15.0. The second kappa shape index (κ2) is 8.73. The van der Waals surface area contributed by atoms with E-state index < -0.39 is 23.4 Å². The summed E-state index contributed by atoms with van der Waals surface area (Å²) in [5, 5.41) is 0. The molecule has 4 rings (SSSR count). The molecule has 0 aromatic heterocycles. The average molecular weight is 437 g/mol. The zero-order valence-electron chi connectivity index (χ0n) is 16.5. The number of halogens is 2. The van der Waals surface area contributed by atoms with Crippen LogP contribution in [0.4, 0.5) is 14.5 Å². The van der Waals surface area contributed by atoms with E-state index in [0.29, 0.717) is 17.9 Å². The molecule has 7 heteroatoms. The predicted octanol–water partition coefficient (Wildman–Crippen LogP) is 5.44. The van der Waals surface area contributed by atoms with Crippen molar-refractivity contribution in [2.45, 2.75) is 11.8 Å². The molecule has 4 nitrogen and oxygen atoms in total. The molecule has 3 aromatic carbocycles. The zero-order chi connectivity index (χ0) is 22.0. The van der Waals surface area contributed by atoms with Crippen LogP contribution in [0.25, 0.3) is 5.57 Å². The fourth-order valence-electron chi connectivity index (χ4n) is 3.21. The molecule has 1 aliphatic heterocycles. The van der Waals surface area contributed by atoms with Gasteiger partial charge in [0.2, 0.25) is 0 Å². The molecule has 0 atom stereocenters. The lowest BCUT2D eigenvalue weighted by molar-refractivity contribution is -0.119. The lowest BCUT2D eigenvalue weighted by Crippen LogP contribution is -2.31. The number of hydrogen-bond acceptors (Lipinski definition) is 4. The van der Waals surface area contributed by atoms with Crippen molar-refractivity contribution in [3.8, 4) is 5.75 Å². The van der Waals surface area contributed by atoms with Gasteiger partial charge in [-0.15, -0.1) is 0 Å². The van der Waals surface area contributed by atoms with E-state index in [1.165, 1.54) is 6.07 Å². The average Bonchev–Trinajstić information content (AvgIpc) is 3.01. The number of carbonyl (C=O) groups is 2. The molecule has 0 bridgehead atoms. The summed E-state index contributed by atoms with van der Waals surface area (Å²) >= 11 is 1.15. The summed E-state index contributed by atoms with van der Waals surface area (Å²) in [5.74, 6) is -2.74. The molecule has 0 spiro atoms. The minimum Gasteiger partial charge on any atom is -0.494 e. The summed E-state index contributed by atoms with van der Waals surface area (Å²) in [6.07, 6.45) is 0. The molecule has 0 N–H and O–H groups in total. The molecule has 0 unspecified atom stereocenters. The third-order valence-corrected chi connectivity index (χ3v) is 5.71. The largest absolute Gasteiger partial charge is 0.494 e. The van der Waals surface area contributed by atoms with Crippen molar-refractivity contribution < 1.29 is 23.1 Å². The van der Waals surface area contributed by atoms with Crippen molar-refractivity contribution in [1.82, 2.24) is 0 Å². The Kier molecular flexibility index (Phi) is 5.86. The van der Waals surface area contributed by atoms with Crippen LogP contribution in [0.15, 0.2) is 82.6 Å². The van der Waals surface area contributed by atoms with Gasteiger partial charge in [-0.2, -0.15) is 0 Å². The SMILES string of the molecule is CCOc1ccc(C2=C(Sc3ccccc3)C(=O)N(c3ccc(F)c(F)c3)C2=O)cc1. The number of carbonyl (C=O) groups excluding carboxylic acids is 2. The summed E-state index contributed by atoms with van der Waals surface area (Å²) in [5.41, 5.74) is 0.706. The van der Waals surface area contributed by atoms with E-state index in [1.54, 1.807) is 24.3 Å². The molecule has 0 saturated heterocycles. The third-order valence-electron chi connectivity index (χ3n) is 4.62. The van der Waals surface area contributed by atoms with Crippen molar-refractivity contribution >= 4 is 34.8 Å². The minimum absolute atomic E-state index is 0.0269. The first-order valence-corrected chi connectivity index (χ1v) is 10.4. The monoisotopic (exact) mass is 437 g/mol. The lowest BCUT2D eigenvalue weighted by Gasteiger charge is -2.15. The van der Waals surface area contributed by atoms with Crippen LogP contribution in [0, 0.1) is 11.6 Å². The first kappa shape index (κ1) is 20.8. The topological polar surface area (TPSA) is 46.6 Å². The number of amides is 2. The van der Waals surface area contributed by atoms with Crippen molar-refractivity contribution in [3.05, 3.63) is 94.9 Å². The van der Waals surface area contributed by atoms with Crippen LogP contribution in [0.2, 0.25) is 0 Å². The van der Waals surface area contributed by atoms with E-state index in [1.807, 2.05) is 37.3 Å².